The van der Waals surface area contributed by atoms with Crippen molar-refractivity contribution in [2.75, 3.05) is 26.3 Å². The maximum atomic E-state index is 12.8. The fourth-order valence-electron chi connectivity index (χ4n) is 5.01. The molecule has 1 aromatic carbocycles. The van der Waals surface area contributed by atoms with Gasteiger partial charge in [0.15, 0.2) is 0 Å². The van der Waals surface area contributed by atoms with Crippen molar-refractivity contribution in [2.45, 2.75) is 51.8 Å². The lowest BCUT2D eigenvalue weighted by molar-refractivity contribution is -0.148. The Kier molecular flexibility index (Phi) is 5.72. The van der Waals surface area contributed by atoms with Crippen LogP contribution in [-0.4, -0.2) is 57.8 Å². The number of carbonyl (C=O) groups excluding carboxylic acids is 1. The smallest absolute Gasteiger partial charge is 0.254 e. The first-order valence-corrected chi connectivity index (χ1v) is 11.8. The predicted molar refractivity (Wildman–Crippen MR) is 128 cm³/mol. The summed E-state index contributed by atoms with van der Waals surface area (Å²) in [6, 6.07) is 6.76. The number of amides is 1. The first-order chi connectivity index (χ1) is 15.8. The van der Waals surface area contributed by atoms with Gasteiger partial charge in [-0.1, -0.05) is 13.0 Å². The van der Waals surface area contributed by atoms with E-state index in [1.165, 1.54) is 16.7 Å². The fourth-order valence-corrected chi connectivity index (χ4v) is 5.01. The minimum Gasteiger partial charge on any atom is -0.381 e. The van der Waals surface area contributed by atoms with Crippen LogP contribution < -0.4 is 5.32 Å². The summed E-state index contributed by atoms with van der Waals surface area (Å²) in [5, 5.41) is 15.0. The van der Waals surface area contributed by atoms with Crippen LogP contribution in [0.15, 0.2) is 30.6 Å². The van der Waals surface area contributed by atoms with Crippen molar-refractivity contribution in [2.24, 2.45) is 0 Å². The van der Waals surface area contributed by atoms with Crippen LogP contribution in [0.2, 0.25) is 0 Å². The molecule has 0 saturated carbocycles. The maximum absolute atomic E-state index is 12.8. The molecular weight excluding hydrogens is 416 g/mol. The van der Waals surface area contributed by atoms with Crippen LogP contribution in [0.4, 0.5) is 0 Å². The average Bonchev–Trinajstić information content (AvgIpc) is 3.25. The molecule has 5 rings (SSSR count). The molecule has 1 atom stereocenters. The minimum absolute atomic E-state index is 0.0693. The van der Waals surface area contributed by atoms with Gasteiger partial charge in [-0.25, -0.2) is 4.98 Å². The average molecular weight is 449 g/mol. The summed E-state index contributed by atoms with van der Waals surface area (Å²) in [6.07, 6.45) is 5.68. The number of aromatic nitrogens is 2. The molecule has 1 saturated heterocycles. The summed E-state index contributed by atoms with van der Waals surface area (Å²) in [5.74, 6) is -0.231. The van der Waals surface area contributed by atoms with Crippen molar-refractivity contribution in [3.8, 4) is 11.1 Å². The summed E-state index contributed by atoms with van der Waals surface area (Å²) in [4.78, 5) is 22.5. The topological polar surface area (TPSA) is 90.5 Å². The molecule has 174 valence electrons. The number of fused-ring (bicyclic) bond motifs is 2. The van der Waals surface area contributed by atoms with E-state index < -0.39 is 5.60 Å². The van der Waals surface area contributed by atoms with E-state index in [0.717, 1.165) is 47.1 Å². The number of nitrogens with one attached hydrogen (secondary N) is 2. The van der Waals surface area contributed by atoms with Crippen LogP contribution in [0.3, 0.4) is 0 Å². The number of hydrogen-bond donors (Lipinski definition) is 3. The monoisotopic (exact) mass is 448 g/mol. The number of morpholine rings is 1. The molecule has 1 fully saturated rings. The highest BCUT2D eigenvalue weighted by Gasteiger charge is 2.33. The lowest BCUT2D eigenvalue weighted by Crippen LogP contribution is -2.47. The van der Waals surface area contributed by atoms with E-state index in [2.05, 4.69) is 40.4 Å². The second-order valence-corrected chi connectivity index (χ2v) is 9.61. The number of rotatable bonds is 4. The highest BCUT2D eigenvalue weighted by Crippen LogP contribution is 2.35. The van der Waals surface area contributed by atoms with Gasteiger partial charge in [0.2, 0.25) is 0 Å². The van der Waals surface area contributed by atoms with Gasteiger partial charge in [0, 0.05) is 43.0 Å². The van der Waals surface area contributed by atoms with Crippen LogP contribution in [0.25, 0.3) is 22.2 Å². The number of aromatic amines is 1. The van der Waals surface area contributed by atoms with E-state index in [1.807, 2.05) is 12.4 Å². The molecule has 7 nitrogen and oxygen atoms in total. The maximum Gasteiger partial charge on any atom is 0.254 e. The zero-order chi connectivity index (χ0) is 23.2. The van der Waals surface area contributed by atoms with Gasteiger partial charge < -0.3 is 25.0 Å². The molecule has 0 bridgehead atoms. The summed E-state index contributed by atoms with van der Waals surface area (Å²) < 4.78 is 5.78. The third-order valence-electron chi connectivity index (χ3n) is 6.82. The quantitative estimate of drug-likeness (QED) is 0.571. The summed E-state index contributed by atoms with van der Waals surface area (Å²) in [5.41, 5.74) is 6.61. The molecule has 3 N–H and O–H groups in total. The van der Waals surface area contributed by atoms with Crippen LogP contribution in [0.5, 0.6) is 0 Å². The van der Waals surface area contributed by atoms with Crippen LogP contribution in [-0.2, 0) is 28.9 Å². The second kappa shape index (κ2) is 8.56. The van der Waals surface area contributed by atoms with Crippen LogP contribution in [0.1, 0.15) is 49.1 Å². The Morgan fingerprint density at radius 3 is 2.88 bits per heavy atom. The van der Waals surface area contributed by atoms with Crippen LogP contribution >= 0.6 is 0 Å². The third-order valence-corrected chi connectivity index (χ3v) is 6.82. The zero-order valence-corrected chi connectivity index (χ0v) is 19.6. The number of carbonyl (C=O) groups is 1. The molecule has 7 heteroatoms. The Morgan fingerprint density at radius 1 is 1.30 bits per heavy atom. The molecule has 3 aromatic rings. The summed E-state index contributed by atoms with van der Waals surface area (Å²) >= 11 is 0. The number of pyridine rings is 1. The number of nitrogens with zero attached hydrogens (tertiary/aromatic N) is 2. The zero-order valence-electron chi connectivity index (χ0n) is 19.6. The number of aliphatic hydroxyl groups is 1. The first-order valence-electron chi connectivity index (χ1n) is 11.8. The number of benzene rings is 1. The largest absolute Gasteiger partial charge is 0.381 e. The molecular formula is C26H32N4O3. The standard InChI is InChI=1S/C26H32N4O3/c1-4-16-12-28-24-20(16)11-19(13-29-24)18-9-17-5-7-30(25(31)26(2,3)32)14-22(17)21(10-18)23-15-33-8-6-27-23/h9-13,23,27,32H,4-8,14-15H2,1-3H3,(H,28,29). The number of H-pyrrole nitrogens is 1. The predicted octanol–water partition coefficient (Wildman–Crippen LogP) is 3.11. The van der Waals surface area contributed by atoms with Crippen molar-refractivity contribution in [3.05, 3.63) is 52.8 Å². The van der Waals surface area contributed by atoms with Gasteiger partial charge in [0.1, 0.15) is 11.2 Å². The van der Waals surface area contributed by atoms with Gasteiger partial charge >= 0.3 is 0 Å². The van der Waals surface area contributed by atoms with E-state index >= 15 is 0 Å². The van der Waals surface area contributed by atoms with Gasteiger partial charge in [0.05, 0.1) is 19.3 Å². The SMILES string of the molecule is CCc1c[nH]c2ncc(-c3cc4c(c(C5COCCN5)c3)CN(C(=O)C(C)(C)O)CC4)cc12. The Hall–Kier alpha value is -2.74. The van der Waals surface area contributed by atoms with Gasteiger partial charge in [-0.15, -0.1) is 0 Å². The van der Waals surface area contributed by atoms with Gasteiger partial charge in [-0.05, 0) is 66.6 Å². The van der Waals surface area contributed by atoms with Crippen molar-refractivity contribution in [3.63, 3.8) is 0 Å². The van der Waals surface area contributed by atoms with Gasteiger partial charge in [-0.3, -0.25) is 4.79 Å². The number of hydrogen-bond acceptors (Lipinski definition) is 5. The normalized spacial score (nSPS) is 19.0. The van der Waals surface area contributed by atoms with Crippen molar-refractivity contribution < 1.29 is 14.6 Å². The van der Waals surface area contributed by atoms with E-state index in [4.69, 9.17) is 4.74 Å². The third kappa shape index (κ3) is 4.16. The Balaban J connectivity index is 1.58. The van der Waals surface area contributed by atoms with Crippen molar-refractivity contribution in [1.29, 1.82) is 0 Å². The molecule has 2 aromatic heterocycles. The molecule has 1 amide bonds. The Labute approximate surface area is 194 Å². The van der Waals surface area contributed by atoms with E-state index in [9.17, 15) is 9.90 Å². The van der Waals surface area contributed by atoms with Gasteiger partial charge in [-0.2, -0.15) is 0 Å². The van der Waals surface area contributed by atoms with Crippen molar-refractivity contribution in [1.82, 2.24) is 20.2 Å². The molecule has 0 aliphatic carbocycles. The molecule has 0 spiro atoms. The first kappa shape index (κ1) is 22.1. The second-order valence-electron chi connectivity index (χ2n) is 9.61. The molecule has 4 heterocycles. The molecule has 1 unspecified atom stereocenters. The van der Waals surface area contributed by atoms with Crippen molar-refractivity contribution >= 4 is 16.9 Å². The number of ether oxygens (including phenoxy) is 1. The van der Waals surface area contributed by atoms with E-state index in [1.54, 1.807) is 18.7 Å². The Morgan fingerprint density at radius 2 is 2.15 bits per heavy atom. The minimum atomic E-state index is -1.38. The fraction of sp³-hybridized carbons (Fsp3) is 0.462. The Bertz CT molecular complexity index is 1190. The highest BCUT2D eigenvalue weighted by atomic mass is 16.5. The van der Waals surface area contributed by atoms with E-state index in [0.29, 0.717) is 26.3 Å². The molecule has 2 aliphatic heterocycles. The highest BCUT2D eigenvalue weighted by molar-refractivity contribution is 5.86. The molecule has 33 heavy (non-hydrogen) atoms. The lowest BCUT2D eigenvalue weighted by Gasteiger charge is -2.36. The van der Waals surface area contributed by atoms with Crippen LogP contribution in [0, 0.1) is 0 Å². The number of aryl methyl sites for hydroxylation is 1. The lowest BCUT2D eigenvalue weighted by atomic mass is 9.87. The van der Waals surface area contributed by atoms with Gasteiger partial charge in [0.25, 0.3) is 5.91 Å². The summed E-state index contributed by atoms with van der Waals surface area (Å²) in [7, 11) is 0. The van der Waals surface area contributed by atoms with E-state index in [-0.39, 0.29) is 11.9 Å². The summed E-state index contributed by atoms with van der Waals surface area (Å²) in [6.45, 7) is 8.47. The molecule has 0 radical (unpaired) electrons. The molecule has 2 aliphatic rings.